The molecule has 1 aromatic carbocycles. The standard InChI is InChI=1S/C16H26N2O2/c1-16(2,3)10-13(17)9-15(19)18-14-7-5-6-12(8-14)11-20-4/h5-8,13H,9-11,17H2,1-4H3,(H,18,19). The SMILES string of the molecule is COCc1cccc(NC(=O)CC(N)CC(C)(C)C)c1. The molecule has 20 heavy (non-hydrogen) atoms. The van der Waals surface area contributed by atoms with Gasteiger partial charge in [-0.1, -0.05) is 32.9 Å². The van der Waals surface area contributed by atoms with Crippen LogP contribution in [-0.4, -0.2) is 19.1 Å². The zero-order valence-corrected chi connectivity index (χ0v) is 12.9. The van der Waals surface area contributed by atoms with E-state index in [0.717, 1.165) is 17.7 Å². The first kappa shape index (κ1) is 16.7. The molecule has 1 atom stereocenters. The van der Waals surface area contributed by atoms with Crippen molar-refractivity contribution in [3.05, 3.63) is 29.8 Å². The summed E-state index contributed by atoms with van der Waals surface area (Å²) >= 11 is 0. The van der Waals surface area contributed by atoms with E-state index >= 15 is 0 Å². The number of hydrogen-bond acceptors (Lipinski definition) is 3. The third-order valence-electron chi connectivity index (χ3n) is 2.84. The minimum absolute atomic E-state index is 0.0451. The van der Waals surface area contributed by atoms with Gasteiger partial charge in [0.25, 0.3) is 0 Å². The number of nitrogens with two attached hydrogens (primary N) is 1. The van der Waals surface area contributed by atoms with Crippen molar-refractivity contribution in [1.82, 2.24) is 0 Å². The van der Waals surface area contributed by atoms with Crippen molar-refractivity contribution in [3.63, 3.8) is 0 Å². The minimum atomic E-state index is -0.114. The lowest BCUT2D eigenvalue weighted by Crippen LogP contribution is -2.31. The van der Waals surface area contributed by atoms with Gasteiger partial charge >= 0.3 is 0 Å². The molecule has 0 heterocycles. The van der Waals surface area contributed by atoms with Gasteiger partial charge in [0.05, 0.1) is 6.61 Å². The number of anilines is 1. The molecular formula is C16H26N2O2. The Morgan fingerprint density at radius 3 is 2.70 bits per heavy atom. The zero-order chi connectivity index (χ0) is 15.2. The van der Waals surface area contributed by atoms with Gasteiger partial charge in [-0.25, -0.2) is 0 Å². The highest BCUT2D eigenvalue weighted by Crippen LogP contribution is 2.21. The van der Waals surface area contributed by atoms with Gasteiger partial charge < -0.3 is 15.8 Å². The second-order valence-electron chi connectivity index (χ2n) is 6.41. The van der Waals surface area contributed by atoms with Crippen LogP contribution < -0.4 is 11.1 Å². The molecule has 3 N–H and O–H groups in total. The maximum absolute atomic E-state index is 12.0. The van der Waals surface area contributed by atoms with Crippen LogP contribution in [0, 0.1) is 5.41 Å². The fraction of sp³-hybridized carbons (Fsp3) is 0.562. The lowest BCUT2D eigenvalue weighted by Gasteiger charge is -2.22. The van der Waals surface area contributed by atoms with Crippen molar-refractivity contribution in [2.45, 2.75) is 46.3 Å². The van der Waals surface area contributed by atoms with Crippen LogP contribution in [0.2, 0.25) is 0 Å². The van der Waals surface area contributed by atoms with Crippen LogP contribution >= 0.6 is 0 Å². The van der Waals surface area contributed by atoms with Crippen molar-refractivity contribution in [2.24, 2.45) is 11.1 Å². The maximum Gasteiger partial charge on any atom is 0.225 e. The smallest absolute Gasteiger partial charge is 0.225 e. The quantitative estimate of drug-likeness (QED) is 0.841. The van der Waals surface area contributed by atoms with Crippen molar-refractivity contribution < 1.29 is 9.53 Å². The number of hydrogen-bond donors (Lipinski definition) is 2. The second kappa shape index (κ2) is 7.41. The molecule has 1 unspecified atom stereocenters. The molecule has 0 spiro atoms. The number of methoxy groups -OCH3 is 1. The predicted molar refractivity (Wildman–Crippen MR) is 82.4 cm³/mol. The summed E-state index contributed by atoms with van der Waals surface area (Å²) in [4.78, 5) is 12.0. The number of amides is 1. The number of nitrogens with one attached hydrogen (secondary N) is 1. The zero-order valence-electron chi connectivity index (χ0n) is 12.9. The van der Waals surface area contributed by atoms with E-state index in [9.17, 15) is 4.79 Å². The Balaban J connectivity index is 2.51. The van der Waals surface area contributed by atoms with E-state index in [1.54, 1.807) is 7.11 Å². The summed E-state index contributed by atoms with van der Waals surface area (Å²) in [6.07, 6.45) is 1.16. The fourth-order valence-electron chi connectivity index (χ4n) is 2.21. The first-order valence-corrected chi connectivity index (χ1v) is 6.93. The molecule has 0 aliphatic heterocycles. The number of rotatable bonds is 6. The third kappa shape index (κ3) is 6.68. The molecule has 4 heteroatoms. The van der Waals surface area contributed by atoms with Gasteiger partial charge in [-0.05, 0) is 29.5 Å². The van der Waals surface area contributed by atoms with E-state index in [-0.39, 0.29) is 17.4 Å². The van der Waals surface area contributed by atoms with Gasteiger partial charge in [-0.2, -0.15) is 0 Å². The molecule has 1 amide bonds. The summed E-state index contributed by atoms with van der Waals surface area (Å²) in [6, 6.07) is 7.53. The van der Waals surface area contributed by atoms with Crippen molar-refractivity contribution in [3.8, 4) is 0 Å². The van der Waals surface area contributed by atoms with Gasteiger partial charge in [-0.3, -0.25) is 4.79 Å². The lowest BCUT2D eigenvalue weighted by molar-refractivity contribution is -0.116. The van der Waals surface area contributed by atoms with Crippen LogP contribution in [-0.2, 0) is 16.1 Å². The highest BCUT2D eigenvalue weighted by molar-refractivity contribution is 5.91. The predicted octanol–water partition coefficient (Wildman–Crippen LogP) is 2.93. The number of ether oxygens (including phenoxy) is 1. The van der Waals surface area contributed by atoms with Crippen LogP contribution in [0.3, 0.4) is 0 Å². The van der Waals surface area contributed by atoms with Gasteiger partial charge in [0, 0.05) is 25.3 Å². The average molecular weight is 278 g/mol. The molecule has 0 saturated carbocycles. The Hall–Kier alpha value is -1.39. The number of carbonyl (C=O) groups excluding carboxylic acids is 1. The number of benzene rings is 1. The van der Waals surface area contributed by atoms with Gasteiger partial charge in [0.15, 0.2) is 0 Å². The highest BCUT2D eigenvalue weighted by atomic mass is 16.5. The molecular weight excluding hydrogens is 252 g/mol. The monoisotopic (exact) mass is 278 g/mol. The lowest BCUT2D eigenvalue weighted by atomic mass is 9.87. The molecule has 112 valence electrons. The van der Waals surface area contributed by atoms with Crippen LogP contribution in [0.5, 0.6) is 0 Å². The van der Waals surface area contributed by atoms with E-state index in [1.807, 2.05) is 24.3 Å². The fourth-order valence-corrected chi connectivity index (χ4v) is 2.21. The molecule has 0 aliphatic rings. The van der Waals surface area contributed by atoms with Gasteiger partial charge in [0.1, 0.15) is 0 Å². The van der Waals surface area contributed by atoms with Gasteiger partial charge in [0.2, 0.25) is 5.91 Å². The summed E-state index contributed by atoms with van der Waals surface area (Å²) in [5.74, 6) is -0.0451. The summed E-state index contributed by atoms with van der Waals surface area (Å²) in [5.41, 5.74) is 7.96. The molecule has 1 rings (SSSR count). The molecule has 0 fully saturated rings. The largest absolute Gasteiger partial charge is 0.380 e. The summed E-state index contributed by atoms with van der Waals surface area (Å²) in [6.45, 7) is 6.91. The first-order chi connectivity index (χ1) is 9.30. The molecule has 0 radical (unpaired) electrons. The molecule has 1 aromatic rings. The topological polar surface area (TPSA) is 64.3 Å². The van der Waals surface area contributed by atoms with Crippen molar-refractivity contribution >= 4 is 11.6 Å². The van der Waals surface area contributed by atoms with Crippen LogP contribution in [0.1, 0.15) is 39.2 Å². The normalized spacial score (nSPS) is 13.1. The highest BCUT2D eigenvalue weighted by Gasteiger charge is 2.18. The average Bonchev–Trinajstić information content (AvgIpc) is 2.26. The Kier molecular flexibility index (Phi) is 6.17. The van der Waals surface area contributed by atoms with E-state index < -0.39 is 0 Å². The van der Waals surface area contributed by atoms with E-state index in [1.165, 1.54) is 0 Å². The Labute approximate surface area is 121 Å². The van der Waals surface area contributed by atoms with Crippen LogP contribution in [0.4, 0.5) is 5.69 Å². The number of carbonyl (C=O) groups is 1. The Morgan fingerprint density at radius 2 is 2.10 bits per heavy atom. The summed E-state index contributed by atoms with van der Waals surface area (Å²) in [7, 11) is 1.65. The van der Waals surface area contributed by atoms with Crippen molar-refractivity contribution in [1.29, 1.82) is 0 Å². The molecule has 0 aliphatic carbocycles. The molecule has 0 aromatic heterocycles. The minimum Gasteiger partial charge on any atom is -0.380 e. The van der Waals surface area contributed by atoms with Gasteiger partial charge in [-0.15, -0.1) is 0 Å². The molecule has 0 bridgehead atoms. The third-order valence-corrected chi connectivity index (χ3v) is 2.84. The van der Waals surface area contributed by atoms with Crippen LogP contribution in [0.15, 0.2) is 24.3 Å². The van der Waals surface area contributed by atoms with Crippen molar-refractivity contribution in [2.75, 3.05) is 12.4 Å². The van der Waals surface area contributed by atoms with E-state index in [0.29, 0.717) is 13.0 Å². The Bertz CT molecular complexity index is 438. The summed E-state index contributed by atoms with van der Waals surface area (Å²) < 4.78 is 5.07. The van der Waals surface area contributed by atoms with Crippen LogP contribution in [0.25, 0.3) is 0 Å². The maximum atomic E-state index is 12.0. The van der Waals surface area contributed by atoms with E-state index in [4.69, 9.17) is 10.5 Å². The first-order valence-electron chi connectivity index (χ1n) is 6.93. The summed E-state index contributed by atoms with van der Waals surface area (Å²) in [5, 5.41) is 2.88. The van der Waals surface area contributed by atoms with E-state index in [2.05, 4.69) is 26.1 Å². The second-order valence-corrected chi connectivity index (χ2v) is 6.41. The Morgan fingerprint density at radius 1 is 1.40 bits per heavy atom. The molecule has 0 saturated heterocycles. The molecule has 4 nitrogen and oxygen atoms in total.